The van der Waals surface area contributed by atoms with E-state index in [2.05, 4.69) is 0 Å². The van der Waals surface area contributed by atoms with E-state index in [0.29, 0.717) is 83.2 Å². The minimum absolute atomic E-state index is 0.00374. The molecule has 2 bridgehead atoms. The molecule has 1 aliphatic carbocycles. The number of hydrogen-bond donors (Lipinski definition) is 3. The topological polar surface area (TPSA) is 214 Å². The molecule has 3 heterocycles. The van der Waals surface area contributed by atoms with Crippen LogP contribution in [0.4, 0.5) is 0 Å². The summed E-state index contributed by atoms with van der Waals surface area (Å²) in [4.78, 5) is 72.9. The van der Waals surface area contributed by atoms with Gasteiger partial charge in [0.05, 0.1) is 24.4 Å². The van der Waals surface area contributed by atoms with Gasteiger partial charge in [0.15, 0.2) is 5.78 Å². The number of unbranched alkanes of at least 4 members (excludes halogenated alkanes) is 1. The lowest BCUT2D eigenvalue weighted by Gasteiger charge is -2.43. The van der Waals surface area contributed by atoms with Crippen molar-refractivity contribution < 1.29 is 72.5 Å². The van der Waals surface area contributed by atoms with Crippen molar-refractivity contribution in [1.82, 2.24) is 4.90 Å². The van der Waals surface area contributed by atoms with E-state index < -0.39 is 77.8 Å². The molecular weight excluding hydrogens is 951 g/mol. The zero-order chi connectivity index (χ0) is 54.5. The third-order valence-electron chi connectivity index (χ3n) is 15.9. The van der Waals surface area contributed by atoms with Gasteiger partial charge in [-0.1, -0.05) is 71.1 Å². The number of ketones is 3. The van der Waals surface area contributed by atoms with Gasteiger partial charge in [0.25, 0.3) is 11.7 Å². The van der Waals surface area contributed by atoms with E-state index in [1.54, 1.807) is 41.1 Å². The largest absolute Gasteiger partial charge is 0.460 e. The standard InChI is InChI=1S/C58H93NO15/c1-37-19-12-11-13-20-38(2)49(72-29-17-16-28-68-8)35-45-24-22-43(7)58(67,74-45)55(64)56(65)59-26-15-14-21-46(59)57(66)73-50(40(4)33-44-23-25-48(51(34-44)69-9)71-30-18-27-60)36-47(61)39(3)32-42(6)53(63)54(70-10)52(62)41(5)31-37/h11-13,19-20,32,37,39-41,43-46,48-51,53-54,60,63,67H,14-18,21-31,33-36H2,1-10H3/t37?,39?,40-,41?,43?,44+,45?,46?,48-,49?,50?,51-,53?,54?,58?/m1/s1. The number of piperidine rings is 1. The van der Waals surface area contributed by atoms with Gasteiger partial charge in [-0.15, -0.1) is 0 Å². The summed E-state index contributed by atoms with van der Waals surface area (Å²) in [5, 5.41) is 33.0. The fraction of sp³-hybridized carbons (Fsp3) is 0.776. The van der Waals surface area contributed by atoms with Gasteiger partial charge in [0, 0.05) is 84.9 Å². The second-order valence-electron chi connectivity index (χ2n) is 21.8. The molecule has 16 heteroatoms. The maximum absolute atomic E-state index is 14.6. The Kier molecular flexibility index (Phi) is 27.0. The number of nitrogens with zero attached hydrogens (tertiary/aromatic N) is 1. The van der Waals surface area contributed by atoms with Crippen molar-refractivity contribution in [2.45, 2.75) is 199 Å². The van der Waals surface area contributed by atoms with Gasteiger partial charge >= 0.3 is 5.97 Å². The number of Topliss-reactive ketones (excluding diaryl/α,β-unsaturated/α-hetero) is 3. The zero-order valence-electron chi connectivity index (χ0n) is 46.4. The second-order valence-corrected chi connectivity index (χ2v) is 21.8. The van der Waals surface area contributed by atoms with Crippen LogP contribution in [0.2, 0.25) is 0 Å². The first-order valence-electron chi connectivity index (χ1n) is 27.6. The number of carbonyl (C=O) groups is 5. The highest BCUT2D eigenvalue weighted by Gasteiger charge is 2.53. The molecule has 0 spiro atoms. The molecule has 3 N–H and O–H groups in total. The van der Waals surface area contributed by atoms with Crippen molar-refractivity contribution in [2.24, 2.45) is 35.5 Å². The number of methoxy groups -OCH3 is 3. The monoisotopic (exact) mass is 1040 g/mol. The van der Waals surface area contributed by atoms with Crippen molar-refractivity contribution in [3.8, 4) is 0 Å². The van der Waals surface area contributed by atoms with E-state index in [4.69, 9.17) is 33.2 Å². The lowest BCUT2D eigenvalue weighted by Crippen LogP contribution is -2.61. The van der Waals surface area contributed by atoms with Crippen LogP contribution in [0, 0.1) is 35.5 Å². The normalized spacial score (nSPS) is 34.7. The van der Waals surface area contributed by atoms with Gasteiger partial charge in [0.2, 0.25) is 5.79 Å². The Morgan fingerprint density at radius 3 is 2.24 bits per heavy atom. The molecule has 11 unspecified atom stereocenters. The Bertz CT molecular complexity index is 1910. The fourth-order valence-electron chi connectivity index (χ4n) is 11.1. The summed E-state index contributed by atoms with van der Waals surface area (Å²) in [6, 6.07) is -1.15. The number of aliphatic hydroxyl groups is 3. The van der Waals surface area contributed by atoms with Gasteiger partial charge in [-0.3, -0.25) is 19.2 Å². The van der Waals surface area contributed by atoms with Crippen LogP contribution < -0.4 is 0 Å². The summed E-state index contributed by atoms with van der Waals surface area (Å²) < 4.78 is 41.8. The molecule has 1 amide bonds. The minimum atomic E-state index is -2.46. The average molecular weight is 1040 g/mol. The molecule has 0 aromatic carbocycles. The lowest BCUT2D eigenvalue weighted by atomic mass is 9.78. The van der Waals surface area contributed by atoms with Gasteiger partial charge in [-0.2, -0.15) is 0 Å². The molecule has 420 valence electrons. The Balaban J connectivity index is 1.71. The van der Waals surface area contributed by atoms with Gasteiger partial charge in [0.1, 0.15) is 30.1 Å². The van der Waals surface area contributed by atoms with Crippen LogP contribution in [-0.2, 0) is 57.1 Å². The number of cyclic esters (lactones) is 1. The maximum Gasteiger partial charge on any atom is 0.329 e. The Labute approximate surface area is 442 Å². The van der Waals surface area contributed by atoms with E-state index in [-0.39, 0.29) is 67.5 Å². The highest BCUT2D eigenvalue weighted by molar-refractivity contribution is 6.39. The predicted octanol–water partition coefficient (Wildman–Crippen LogP) is 7.38. The number of carbonyl (C=O) groups excluding carboxylic acids is 5. The van der Waals surface area contributed by atoms with E-state index in [0.717, 1.165) is 31.3 Å². The summed E-state index contributed by atoms with van der Waals surface area (Å²) in [5.41, 5.74) is 1.28. The summed E-state index contributed by atoms with van der Waals surface area (Å²) >= 11 is 0. The van der Waals surface area contributed by atoms with Crippen LogP contribution in [-0.4, -0.2) is 158 Å². The van der Waals surface area contributed by atoms with Crippen LogP contribution in [0.3, 0.4) is 0 Å². The van der Waals surface area contributed by atoms with Crippen LogP contribution >= 0.6 is 0 Å². The van der Waals surface area contributed by atoms with Crippen LogP contribution in [0.5, 0.6) is 0 Å². The van der Waals surface area contributed by atoms with Crippen molar-refractivity contribution in [3.05, 3.63) is 47.6 Å². The molecule has 0 aromatic rings. The highest BCUT2D eigenvalue weighted by atomic mass is 16.6. The first kappa shape index (κ1) is 63.1. The lowest BCUT2D eigenvalue weighted by molar-refractivity contribution is -0.266. The SMILES string of the molecule is COCCCCOC1CC2CCC(C)C(O)(O2)C(=O)C(=O)N2CCCCC2C(=O)OC([C@H](C)C[C@@H]2CC[C@@H](OCCCO)[C@H](OC)C2)CC(=O)C(C)C=C(C)C(O)C(OC)C(=O)C(C)CC(C)C=CC=CC=C1C. The summed E-state index contributed by atoms with van der Waals surface area (Å²) in [6.45, 7) is 14.3. The zero-order valence-corrected chi connectivity index (χ0v) is 46.4. The van der Waals surface area contributed by atoms with Crippen LogP contribution in [0.25, 0.3) is 0 Å². The number of hydrogen-bond acceptors (Lipinski definition) is 15. The third-order valence-corrected chi connectivity index (χ3v) is 15.9. The number of esters is 1. The Morgan fingerprint density at radius 1 is 0.811 bits per heavy atom. The van der Waals surface area contributed by atoms with E-state index in [1.165, 1.54) is 12.0 Å². The maximum atomic E-state index is 14.6. The highest BCUT2D eigenvalue weighted by Crippen LogP contribution is 2.38. The van der Waals surface area contributed by atoms with Crippen molar-refractivity contribution in [1.29, 1.82) is 0 Å². The molecule has 15 atom stereocenters. The molecule has 0 radical (unpaired) electrons. The molecule has 1 saturated carbocycles. The molecule has 0 aromatic heterocycles. The van der Waals surface area contributed by atoms with Crippen molar-refractivity contribution >= 4 is 29.2 Å². The molecular formula is C58H93NO15. The minimum Gasteiger partial charge on any atom is -0.460 e. The van der Waals surface area contributed by atoms with E-state index >= 15 is 0 Å². The summed E-state index contributed by atoms with van der Waals surface area (Å²) in [7, 11) is 4.69. The number of rotatable bonds is 15. The number of ether oxygens (including phenoxy) is 7. The summed E-state index contributed by atoms with van der Waals surface area (Å²) in [6.07, 6.45) is 14.2. The first-order valence-corrected chi connectivity index (χ1v) is 27.6. The third kappa shape index (κ3) is 18.4. The smallest absolute Gasteiger partial charge is 0.329 e. The van der Waals surface area contributed by atoms with Crippen LogP contribution in [0.1, 0.15) is 145 Å². The number of fused-ring (bicyclic) bond motifs is 3. The average Bonchev–Trinajstić information content (AvgIpc) is 3.38. The Morgan fingerprint density at radius 2 is 1.54 bits per heavy atom. The molecule has 74 heavy (non-hydrogen) atoms. The summed E-state index contributed by atoms with van der Waals surface area (Å²) in [5.74, 6) is -8.01. The van der Waals surface area contributed by atoms with Crippen molar-refractivity contribution in [2.75, 3.05) is 54.3 Å². The first-order chi connectivity index (χ1) is 35.3. The molecule has 2 saturated heterocycles. The van der Waals surface area contributed by atoms with E-state index in [1.807, 2.05) is 58.1 Å². The Hall–Kier alpha value is -3.45. The van der Waals surface area contributed by atoms with Gasteiger partial charge in [-0.25, -0.2) is 4.79 Å². The quantitative estimate of drug-likeness (QED) is 0.0632. The number of allylic oxidation sites excluding steroid dienone is 6. The molecule has 16 nitrogen and oxygen atoms in total. The van der Waals surface area contributed by atoms with Crippen molar-refractivity contribution in [3.63, 3.8) is 0 Å². The van der Waals surface area contributed by atoms with Crippen LogP contribution in [0.15, 0.2) is 47.6 Å². The number of amides is 1. The fourth-order valence-corrected chi connectivity index (χ4v) is 11.1. The molecule has 4 rings (SSSR count). The number of aliphatic hydroxyl groups excluding tert-OH is 2. The molecule has 4 aliphatic rings. The molecule has 3 fully saturated rings. The van der Waals surface area contributed by atoms with Gasteiger partial charge < -0.3 is 53.4 Å². The second kappa shape index (κ2) is 31.7. The molecule has 3 aliphatic heterocycles. The van der Waals surface area contributed by atoms with Gasteiger partial charge in [-0.05, 0) is 126 Å². The predicted molar refractivity (Wildman–Crippen MR) is 281 cm³/mol. The van der Waals surface area contributed by atoms with E-state index in [9.17, 15) is 39.3 Å².